The van der Waals surface area contributed by atoms with E-state index < -0.39 is 0 Å². The molecule has 1 saturated carbocycles. The molecule has 1 aliphatic rings. The van der Waals surface area contributed by atoms with Crippen LogP contribution in [-0.2, 0) is 9.47 Å². The summed E-state index contributed by atoms with van der Waals surface area (Å²) in [7, 11) is 1.66. The largest absolute Gasteiger partial charge is 0.390 e. The number of aliphatic hydroxyl groups excluding tert-OH is 1. The standard InChI is InChI=1S/C10H20O3/c1-8(7-12-2)13-10-6-4-3-5-9(10)11/h8-11H,3-7H2,1-2H3. The first kappa shape index (κ1) is 11.0. The van der Waals surface area contributed by atoms with Gasteiger partial charge in [-0.15, -0.1) is 0 Å². The fourth-order valence-electron chi connectivity index (χ4n) is 1.81. The third-order valence-corrected chi connectivity index (χ3v) is 2.48. The Morgan fingerprint density at radius 3 is 2.69 bits per heavy atom. The lowest BCUT2D eigenvalue weighted by Crippen LogP contribution is -2.35. The molecule has 0 saturated heterocycles. The monoisotopic (exact) mass is 188 g/mol. The first-order valence-electron chi connectivity index (χ1n) is 5.06. The van der Waals surface area contributed by atoms with Crippen molar-refractivity contribution in [2.75, 3.05) is 13.7 Å². The summed E-state index contributed by atoms with van der Waals surface area (Å²) in [4.78, 5) is 0. The lowest BCUT2D eigenvalue weighted by molar-refractivity contribution is -0.104. The highest BCUT2D eigenvalue weighted by atomic mass is 16.5. The van der Waals surface area contributed by atoms with Crippen LogP contribution in [0.5, 0.6) is 0 Å². The van der Waals surface area contributed by atoms with Gasteiger partial charge in [-0.2, -0.15) is 0 Å². The van der Waals surface area contributed by atoms with Crippen molar-refractivity contribution >= 4 is 0 Å². The van der Waals surface area contributed by atoms with Gasteiger partial charge in [0, 0.05) is 7.11 Å². The molecule has 0 radical (unpaired) electrons. The first-order chi connectivity index (χ1) is 6.24. The second-order valence-electron chi connectivity index (χ2n) is 3.79. The molecule has 0 heterocycles. The molecule has 0 bridgehead atoms. The fraction of sp³-hybridized carbons (Fsp3) is 1.00. The molecule has 3 atom stereocenters. The molecule has 3 unspecified atom stereocenters. The molecule has 0 aliphatic heterocycles. The predicted octanol–water partition coefficient (Wildman–Crippen LogP) is 1.34. The second kappa shape index (κ2) is 5.58. The molecule has 0 amide bonds. The van der Waals surface area contributed by atoms with Gasteiger partial charge in [0.2, 0.25) is 0 Å². The van der Waals surface area contributed by atoms with Gasteiger partial charge in [0.1, 0.15) is 0 Å². The molecule has 0 spiro atoms. The topological polar surface area (TPSA) is 38.7 Å². The van der Waals surface area contributed by atoms with Gasteiger partial charge in [-0.05, 0) is 19.8 Å². The summed E-state index contributed by atoms with van der Waals surface area (Å²) in [6.45, 7) is 2.58. The van der Waals surface area contributed by atoms with Crippen molar-refractivity contribution in [1.82, 2.24) is 0 Å². The predicted molar refractivity (Wildman–Crippen MR) is 50.7 cm³/mol. The number of aliphatic hydroxyl groups is 1. The maximum absolute atomic E-state index is 9.62. The van der Waals surface area contributed by atoms with Crippen LogP contribution in [0.1, 0.15) is 32.6 Å². The molecule has 78 valence electrons. The van der Waals surface area contributed by atoms with E-state index in [2.05, 4.69) is 0 Å². The Kier molecular flexibility index (Phi) is 4.70. The molecule has 3 nitrogen and oxygen atoms in total. The summed E-state index contributed by atoms with van der Waals surface area (Å²) in [5.41, 5.74) is 0. The third-order valence-electron chi connectivity index (χ3n) is 2.48. The normalized spacial score (nSPS) is 31.6. The van der Waals surface area contributed by atoms with Gasteiger partial charge >= 0.3 is 0 Å². The van der Waals surface area contributed by atoms with Crippen molar-refractivity contribution in [3.63, 3.8) is 0 Å². The van der Waals surface area contributed by atoms with Crippen molar-refractivity contribution in [2.45, 2.75) is 50.9 Å². The fourth-order valence-corrected chi connectivity index (χ4v) is 1.81. The van der Waals surface area contributed by atoms with Crippen LogP contribution in [-0.4, -0.2) is 37.1 Å². The van der Waals surface area contributed by atoms with E-state index in [0.717, 1.165) is 19.3 Å². The lowest BCUT2D eigenvalue weighted by Gasteiger charge is -2.29. The Balaban J connectivity index is 2.25. The molecule has 13 heavy (non-hydrogen) atoms. The highest BCUT2D eigenvalue weighted by molar-refractivity contribution is 4.75. The Morgan fingerprint density at radius 2 is 2.08 bits per heavy atom. The quantitative estimate of drug-likeness (QED) is 0.723. The van der Waals surface area contributed by atoms with E-state index >= 15 is 0 Å². The first-order valence-corrected chi connectivity index (χ1v) is 5.06. The highest BCUT2D eigenvalue weighted by Gasteiger charge is 2.25. The zero-order valence-electron chi connectivity index (χ0n) is 8.53. The van der Waals surface area contributed by atoms with Crippen LogP contribution in [0.3, 0.4) is 0 Å². The van der Waals surface area contributed by atoms with Crippen molar-refractivity contribution in [1.29, 1.82) is 0 Å². The zero-order chi connectivity index (χ0) is 9.68. The van der Waals surface area contributed by atoms with Crippen LogP contribution in [0.2, 0.25) is 0 Å². The molecule has 0 aromatic carbocycles. The average Bonchev–Trinajstić information content (AvgIpc) is 2.09. The summed E-state index contributed by atoms with van der Waals surface area (Å²) >= 11 is 0. The summed E-state index contributed by atoms with van der Waals surface area (Å²) in [5, 5.41) is 9.62. The van der Waals surface area contributed by atoms with E-state index in [-0.39, 0.29) is 18.3 Å². The molecular formula is C10H20O3. The molecular weight excluding hydrogens is 168 g/mol. The van der Waals surface area contributed by atoms with Crippen molar-refractivity contribution in [2.24, 2.45) is 0 Å². The number of rotatable bonds is 4. The Labute approximate surface area is 80.0 Å². The molecule has 1 fully saturated rings. The summed E-state index contributed by atoms with van der Waals surface area (Å²) in [6.07, 6.45) is 4.00. The van der Waals surface area contributed by atoms with Gasteiger partial charge in [0.25, 0.3) is 0 Å². The maximum Gasteiger partial charge on any atom is 0.0838 e. The smallest absolute Gasteiger partial charge is 0.0838 e. The molecule has 0 aromatic rings. The highest BCUT2D eigenvalue weighted by Crippen LogP contribution is 2.22. The molecule has 1 aliphatic carbocycles. The van der Waals surface area contributed by atoms with Crippen LogP contribution in [0.25, 0.3) is 0 Å². The van der Waals surface area contributed by atoms with Crippen LogP contribution in [0, 0.1) is 0 Å². The minimum Gasteiger partial charge on any atom is -0.390 e. The van der Waals surface area contributed by atoms with Crippen LogP contribution >= 0.6 is 0 Å². The van der Waals surface area contributed by atoms with Crippen LogP contribution < -0.4 is 0 Å². The molecule has 1 rings (SSSR count). The second-order valence-corrected chi connectivity index (χ2v) is 3.79. The minimum absolute atomic E-state index is 0.0268. The zero-order valence-corrected chi connectivity index (χ0v) is 8.53. The Bertz CT molecular complexity index is 138. The van der Waals surface area contributed by atoms with Gasteiger partial charge in [-0.25, -0.2) is 0 Å². The number of hydrogen-bond donors (Lipinski definition) is 1. The van der Waals surface area contributed by atoms with E-state index in [4.69, 9.17) is 9.47 Å². The number of ether oxygens (including phenoxy) is 2. The summed E-state index contributed by atoms with van der Waals surface area (Å²) in [6, 6.07) is 0. The van der Waals surface area contributed by atoms with Crippen molar-refractivity contribution in [3.05, 3.63) is 0 Å². The van der Waals surface area contributed by atoms with E-state index in [0.29, 0.717) is 6.61 Å². The van der Waals surface area contributed by atoms with Crippen LogP contribution in [0.4, 0.5) is 0 Å². The van der Waals surface area contributed by atoms with Gasteiger partial charge in [-0.3, -0.25) is 0 Å². The molecule has 0 aromatic heterocycles. The van der Waals surface area contributed by atoms with Gasteiger partial charge < -0.3 is 14.6 Å². The Morgan fingerprint density at radius 1 is 1.38 bits per heavy atom. The van der Waals surface area contributed by atoms with Gasteiger partial charge in [0.05, 0.1) is 24.9 Å². The summed E-state index contributed by atoms with van der Waals surface area (Å²) < 4.78 is 10.6. The summed E-state index contributed by atoms with van der Waals surface area (Å²) in [5.74, 6) is 0. The Hall–Kier alpha value is -0.120. The lowest BCUT2D eigenvalue weighted by atomic mass is 9.95. The van der Waals surface area contributed by atoms with E-state index in [1.54, 1.807) is 7.11 Å². The van der Waals surface area contributed by atoms with E-state index in [1.807, 2.05) is 6.92 Å². The minimum atomic E-state index is -0.270. The van der Waals surface area contributed by atoms with E-state index in [1.165, 1.54) is 6.42 Å². The third kappa shape index (κ3) is 3.63. The molecule has 1 N–H and O–H groups in total. The van der Waals surface area contributed by atoms with Gasteiger partial charge in [0.15, 0.2) is 0 Å². The maximum atomic E-state index is 9.62. The SMILES string of the molecule is COCC(C)OC1CCCCC1O. The molecule has 3 heteroatoms. The van der Waals surface area contributed by atoms with Crippen molar-refractivity contribution < 1.29 is 14.6 Å². The number of methoxy groups -OCH3 is 1. The van der Waals surface area contributed by atoms with Crippen LogP contribution in [0.15, 0.2) is 0 Å². The van der Waals surface area contributed by atoms with E-state index in [9.17, 15) is 5.11 Å². The number of hydrogen-bond acceptors (Lipinski definition) is 3. The van der Waals surface area contributed by atoms with Gasteiger partial charge in [-0.1, -0.05) is 12.8 Å². The van der Waals surface area contributed by atoms with Crippen molar-refractivity contribution in [3.8, 4) is 0 Å². The average molecular weight is 188 g/mol.